The highest BCUT2D eigenvalue weighted by Crippen LogP contribution is 2.26. The summed E-state index contributed by atoms with van der Waals surface area (Å²) in [6, 6.07) is 14.8. The Labute approximate surface area is 120 Å². The van der Waals surface area contributed by atoms with E-state index in [0.717, 1.165) is 25.3 Å². The van der Waals surface area contributed by atoms with Crippen molar-refractivity contribution in [2.45, 2.75) is 25.5 Å². The lowest BCUT2D eigenvalue weighted by molar-refractivity contribution is 0.0409. The van der Waals surface area contributed by atoms with Crippen molar-refractivity contribution in [3.05, 3.63) is 65.5 Å². The highest BCUT2D eigenvalue weighted by atomic mass is 16.5. The molecule has 1 aromatic heterocycles. The molecule has 0 saturated heterocycles. The van der Waals surface area contributed by atoms with Gasteiger partial charge in [0.25, 0.3) is 0 Å². The molecule has 0 radical (unpaired) electrons. The van der Waals surface area contributed by atoms with E-state index < -0.39 is 0 Å². The summed E-state index contributed by atoms with van der Waals surface area (Å²) in [5, 5.41) is 3.52. The third-order valence-corrected chi connectivity index (χ3v) is 3.83. The zero-order valence-corrected chi connectivity index (χ0v) is 11.8. The Morgan fingerprint density at radius 2 is 2.10 bits per heavy atom. The third-order valence-electron chi connectivity index (χ3n) is 3.83. The molecule has 2 aromatic rings. The summed E-state index contributed by atoms with van der Waals surface area (Å²) in [5.41, 5.74) is 3.80. The summed E-state index contributed by atoms with van der Waals surface area (Å²) in [5.74, 6) is 0. The molecule has 1 aliphatic heterocycles. The van der Waals surface area contributed by atoms with Gasteiger partial charge in [0.15, 0.2) is 0 Å². The number of nitrogens with one attached hydrogen (secondary N) is 1. The maximum absolute atomic E-state index is 5.91. The molecular weight excluding hydrogens is 248 g/mol. The third kappa shape index (κ3) is 2.89. The number of hydrogen-bond donors (Lipinski definition) is 1. The summed E-state index contributed by atoms with van der Waals surface area (Å²) in [6.45, 7) is 3.76. The summed E-state index contributed by atoms with van der Waals surface area (Å²) < 4.78 is 5.91. The predicted octanol–water partition coefficient (Wildman–Crippen LogP) is 3.05. The van der Waals surface area contributed by atoms with Crippen LogP contribution in [0.4, 0.5) is 0 Å². The molecule has 20 heavy (non-hydrogen) atoms. The molecule has 104 valence electrons. The first-order valence-corrected chi connectivity index (χ1v) is 7.18. The lowest BCUT2D eigenvalue weighted by Crippen LogP contribution is -2.29. The van der Waals surface area contributed by atoms with Crippen molar-refractivity contribution < 1.29 is 4.74 Å². The Morgan fingerprint density at radius 3 is 2.95 bits per heavy atom. The number of benzene rings is 1. The van der Waals surface area contributed by atoms with E-state index in [1.54, 1.807) is 0 Å². The molecule has 3 nitrogen and oxygen atoms in total. The SMILES string of the molecule is C[C@@H](NCC1OCCc2ccccc21)c1ccccn1. The van der Waals surface area contributed by atoms with Crippen LogP contribution in [0.5, 0.6) is 0 Å². The van der Waals surface area contributed by atoms with Gasteiger partial charge in [0, 0.05) is 18.8 Å². The molecule has 1 aliphatic rings. The average molecular weight is 268 g/mol. The van der Waals surface area contributed by atoms with E-state index >= 15 is 0 Å². The second-order valence-electron chi connectivity index (χ2n) is 5.19. The van der Waals surface area contributed by atoms with Crippen LogP contribution in [0.3, 0.4) is 0 Å². The van der Waals surface area contributed by atoms with Gasteiger partial charge >= 0.3 is 0 Å². The highest BCUT2D eigenvalue weighted by Gasteiger charge is 2.20. The predicted molar refractivity (Wildman–Crippen MR) is 79.5 cm³/mol. The summed E-state index contributed by atoms with van der Waals surface area (Å²) in [4.78, 5) is 4.38. The summed E-state index contributed by atoms with van der Waals surface area (Å²) >= 11 is 0. The second-order valence-corrected chi connectivity index (χ2v) is 5.19. The van der Waals surface area contributed by atoms with Crippen molar-refractivity contribution in [1.29, 1.82) is 0 Å². The normalized spacial score (nSPS) is 19.4. The number of nitrogens with zero attached hydrogens (tertiary/aromatic N) is 1. The molecule has 0 aliphatic carbocycles. The van der Waals surface area contributed by atoms with Crippen LogP contribution >= 0.6 is 0 Å². The fourth-order valence-electron chi connectivity index (χ4n) is 2.67. The van der Waals surface area contributed by atoms with Crippen LogP contribution in [0.1, 0.15) is 35.9 Å². The first-order valence-electron chi connectivity index (χ1n) is 7.18. The lowest BCUT2D eigenvalue weighted by atomic mass is 9.97. The molecule has 1 unspecified atom stereocenters. The molecule has 0 spiro atoms. The van der Waals surface area contributed by atoms with Crippen molar-refractivity contribution in [2.75, 3.05) is 13.2 Å². The molecule has 0 saturated carbocycles. The molecule has 1 aromatic carbocycles. The molecular formula is C17H20N2O. The topological polar surface area (TPSA) is 34.1 Å². The highest BCUT2D eigenvalue weighted by molar-refractivity contribution is 5.31. The van der Waals surface area contributed by atoms with Gasteiger partial charge in [0.1, 0.15) is 0 Å². The van der Waals surface area contributed by atoms with Gasteiger partial charge in [-0.25, -0.2) is 0 Å². The Balaban J connectivity index is 1.65. The zero-order chi connectivity index (χ0) is 13.8. The first kappa shape index (κ1) is 13.3. The molecule has 3 rings (SSSR count). The Kier molecular flexibility index (Phi) is 4.09. The fourth-order valence-corrected chi connectivity index (χ4v) is 2.67. The van der Waals surface area contributed by atoms with Crippen LogP contribution in [-0.2, 0) is 11.2 Å². The quantitative estimate of drug-likeness (QED) is 0.925. The minimum atomic E-state index is 0.145. The minimum absolute atomic E-state index is 0.145. The first-order chi connectivity index (χ1) is 9.84. The van der Waals surface area contributed by atoms with Crippen LogP contribution < -0.4 is 5.32 Å². The van der Waals surface area contributed by atoms with Crippen LogP contribution in [0, 0.1) is 0 Å². The Hall–Kier alpha value is -1.71. The van der Waals surface area contributed by atoms with E-state index in [4.69, 9.17) is 4.74 Å². The summed E-state index contributed by atoms with van der Waals surface area (Å²) in [7, 11) is 0. The van der Waals surface area contributed by atoms with Crippen LogP contribution in [0.2, 0.25) is 0 Å². The zero-order valence-electron chi connectivity index (χ0n) is 11.8. The van der Waals surface area contributed by atoms with Crippen LogP contribution in [0.15, 0.2) is 48.7 Å². The van der Waals surface area contributed by atoms with Gasteiger partial charge < -0.3 is 10.1 Å². The number of hydrogen-bond acceptors (Lipinski definition) is 3. The molecule has 0 fully saturated rings. The van der Waals surface area contributed by atoms with Crippen molar-refractivity contribution in [3.8, 4) is 0 Å². The molecule has 2 heterocycles. The summed E-state index contributed by atoms with van der Waals surface area (Å²) in [6.07, 6.45) is 2.99. The Bertz CT molecular complexity index is 556. The molecule has 0 amide bonds. The second kappa shape index (κ2) is 6.16. The van der Waals surface area contributed by atoms with Crippen molar-refractivity contribution >= 4 is 0 Å². The van der Waals surface area contributed by atoms with Gasteiger partial charge in [-0.15, -0.1) is 0 Å². The van der Waals surface area contributed by atoms with Crippen molar-refractivity contribution in [3.63, 3.8) is 0 Å². The van der Waals surface area contributed by atoms with Crippen LogP contribution in [-0.4, -0.2) is 18.1 Å². The monoisotopic (exact) mass is 268 g/mol. The smallest absolute Gasteiger partial charge is 0.0952 e. The average Bonchev–Trinajstić information content (AvgIpc) is 2.53. The number of rotatable bonds is 4. The van der Waals surface area contributed by atoms with Crippen molar-refractivity contribution in [2.24, 2.45) is 0 Å². The fraction of sp³-hybridized carbons (Fsp3) is 0.353. The van der Waals surface area contributed by atoms with E-state index in [1.807, 2.05) is 24.4 Å². The van der Waals surface area contributed by atoms with Gasteiger partial charge in [0.05, 0.1) is 18.4 Å². The van der Waals surface area contributed by atoms with E-state index in [0.29, 0.717) is 0 Å². The largest absolute Gasteiger partial charge is 0.372 e. The molecule has 3 heteroatoms. The number of pyridine rings is 1. The number of aromatic nitrogens is 1. The van der Waals surface area contributed by atoms with Crippen LogP contribution in [0.25, 0.3) is 0 Å². The van der Waals surface area contributed by atoms with Crippen molar-refractivity contribution in [1.82, 2.24) is 10.3 Å². The number of ether oxygens (including phenoxy) is 1. The van der Waals surface area contributed by atoms with E-state index in [2.05, 4.69) is 41.5 Å². The van der Waals surface area contributed by atoms with Gasteiger partial charge in [-0.3, -0.25) is 4.98 Å². The lowest BCUT2D eigenvalue weighted by Gasteiger charge is -2.27. The molecule has 1 N–H and O–H groups in total. The van der Waals surface area contributed by atoms with Gasteiger partial charge in [-0.1, -0.05) is 30.3 Å². The Morgan fingerprint density at radius 1 is 1.25 bits per heavy atom. The maximum atomic E-state index is 5.91. The van der Waals surface area contributed by atoms with Gasteiger partial charge in [-0.05, 0) is 36.6 Å². The number of fused-ring (bicyclic) bond motifs is 1. The van der Waals surface area contributed by atoms with E-state index in [9.17, 15) is 0 Å². The van der Waals surface area contributed by atoms with Gasteiger partial charge in [-0.2, -0.15) is 0 Å². The van der Waals surface area contributed by atoms with Gasteiger partial charge in [0.2, 0.25) is 0 Å². The molecule has 2 atom stereocenters. The standard InChI is InChI=1S/C17H20N2O/c1-13(16-8-4-5-10-18-16)19-12-17-15-7-3-2-6-14(15)9-11-20-17/h2-8,10,13,17,19H,9,11-12H2,1H3/t13-,17?/m1/s1. The van der Waals surface area contributed by atoms with E-state index in [1.165, 1.54) is 11.1 Å². The molecule has 0 bridgehead atoms. The van der Waals surface area contributed by atoms with E-state index in [-0.39, 0.29) is 12.1 Å². The minimum Gasteiger partial charge on any atom is -0.372 e. The maximum Gasteiger partial charge on any atom is 0.0952 e.